The molecule has 5 rings (SSSR count). The summed E-state index contributed by atoms with van der Waals surface area (Å²) in [6, 6.07) is 22.0. The molecule has 1 saturated carbocycles. The van der Waals surface area contributed by atoms with Crippen LogP contribution in [0.4, 0.5) is 5.69 Å². The van der Waals surface area contributed by atoms with Crippen molar-refractivity contribution in [2.45, 2.75) is 57.6 Å². The molecule has 1 spiro atoms. The van der Waals surface area contributed by atoms with E-state index in [4.69, 9.17) is 15.2 Å². The predicted molar refractivity (Wildman–Crippen MR) is 155 cm³/mol. The van der Waals surface area contributed by atoms with Gasteiger partial charge in [0.1, 0.15) is 12.4 Å². The van der Waals surface area contributed by atoms with E-state index >= 15 is 0 Å². The van der Waals surface area contributed by atoms with Crippen molar-refractivity contribution in [3.63, 3.8) is 0 Å². The van der Waals surface area contributed by atoms with E-state index in [1.54, 1.807) is 0 Å². The Labute approximate surface area is 231 Å². The molecule has 1 aliphatic heterocycles. The van der Waals surface area contributed by atoms with Crippen molar-refractivity contribution >= 4 is 11.7 Å². The summed E-state index contributed by atoms with van der Waals surface area (Å²) >= 11 is 0. The lowest BCUT2D eigenvalue weighted by atomic mass is 9.77. The van der Waals surface area contributed by atoms with Gasteiger partial charge in [0.2, 0.25) is 0 Å². The third-order valence-electron chi connectivity index (χ3n) is 8.61. The summed E-state index contributed by atoms with van der Waals surface area (Å²) in [4.78, 5) is 14.4. The number of piperidine rings is 1. The molecule has 2 aliphatic rings. The van der Waals surface area contributed by atoms with Gasteiger partial charge in [-0.15, -0.1) is 0 Å². The molecule has 1 atom stereocenters. The molecule has 0 radical (unpaired) electrons. The lowest BCUT2D eigenvalue weighted by Gasteiger charge is -2.40. The lowest BCUT2D eigenvalue weighted by molar-refractivity contribution is -0.139. The smallest absolute Gasteiger partial charge is 0.310 e. The number of ether oxygens (including phenoxy) is 2. The van der Waals surface area contributed by atoms with E-state index < -0.39 is 6.04 Å². The third-order valence-corrected chi connectivity index (χ3v) is 8.61. The second-order valence-corrected chi connectivity index (χ2v) is 11.1. The molecule has 1 aliphatic carbocycles. The summed E-state index contributed by atoms with van der Waals surface area (Å²) in [6.07, 6.45) is 8.19. The first-order valence-corrected chi connectivity index (χ1v) is 14.1. The summed E-state index contributed by atoms with van der Waals surface area (Å²) in [7, 11) is 1.40. The highest BCUT2D eigenvalue weighted by molar-refractivity contribution is 5.73. The molecular weight excluding hydrogens is 488 g/mol. The van der Waals surface area contributed by atoms with Crippen molar-refractivity contribution < 1.29 is 19.4 Å². The molecule has 1 heterocycles. The van der Waals surface area contributed by atoms with E-state index in [0.717, 1.165) is 40.9 Å². The van der Waals surface area contributed by atoms with Crippen molar-refractivity contribution in [2.24, 2.45) is 11.1 Å². The van der Waals surface area contributed by atoms with Crippen LogP contribution in [0.3, 0.4) is 0 Å². The van der Waals surface area contributed by atoms with Gasteiger partial charge in [-0.3, -0.25) is 4.79 Å². The van der Waals surface area contributed by atoms with Gasteiger partial charge in [-0.1, -0.05) is 49.2 Å². The molecule has 3 aromatic rings. The van der Waals surface area contributed by atoms with Gasteiger partial charge < -0.3 is 25.2 Å². The first-order chi connectivity index (χ1) is 19.0. The van der Waals surface area contributed by atoms with Crippen LogP contribution in [-0.4, -0.2) is 37.9 Å². The average Bonchev–Trinajstić information content (AvgIpc) is 3.44. The molecule has 39 heavy (non-hydrogen) atoms. The second kappa shape index (κ2) is 12.2. The van der Waals surface area contributed by atoms with Crippen LogP contribution < -0.4 is 15.4 Å². The summed E-state index contributed by atoms with van der Waals surface area (Å²) < 4.78 is 11.1. The topological polar surface area (TPSA) is 85.0 Å². The van der Waals surface area contributed by atoms with Crippen LogP contribution in [0.25, 0.3) is 11.1 Å². The number of aliphatic hydroxyl groups is 1. The number of esters is 1. The van der Waals surface area contributed by atoms with Gasteiger partial charge in [0.25, 0.3) is 0 Å². The molecule has 6 heteroatoms. The average molecular weight is 529 g/mol. The van der Waals surface area contributed by atoms with Crippen LogP contribution in [0.5, 0.6) is 5.75 Å². The van der Waals surface area contributed by atoms with Gasteiger partial charge in [-0.2, -0.15) is 0 Å². The van der Waals surface area contributed by atoms with Gasteiger partial charge in [0.15, 0.2) is 0 Å². The van der Waals surface area contributed by atoms with Crippen molar-refractivity contribution in [3.05, 3.63) is 83.4 Å². The number of benzene rings is 3. The Bertz CT molecular complexity index is 1270. The largest absolute Gasteiger partial charge is 0.489 e. The number of carbonyl (C=O) groups is 1. The third kappa shape index (κ3) is 6.45. The fraction of sp³-hybridized carbons (Fsp3) is 0.424. The SMILES string of the molecule is COC(=O)Cc1ccccc1OCc1cc(-c2cccc([C@H](N)CO)c2)cc(N2CCC3(CCCC3)CC2)c1. The molecule has 0 unspecified atom stereocenters. The molecule has 3 N–H and O–H groups in total. The first-order valence-electron chi connectivity index (χ1n) is 14.1. The molecule has 6 nitrogen and oxygen atoms in total. The molecule has 0 amide bonds. The lowest BCUT2D eigenvalue weighted by Crippen LogP contribution is -2.38. The fourth-order valence-corrected chi connectivity index (χ4v) is 6.20. The van der Waals surface area contributed by atoms with E-state index in [2.05, 4.69) is 35.2 Å². The van der Waals surface area contributed by atoms with Crippen LogP contribution in [0.15, 0.2) is 66.7 Å². The Morgan fingerprint density at radius 1 is 0.974 bits per heavy atom. The summed E-state index contributed by atoms with van der Waals surface area (Å²) in [6.45, 7) is 2.43. The summed E-state index contributed by atoms with van der Waals surface area (Å²) in [5.74, 6) is 0.397. The van der Waals surface area contributed by atoms with E-state index in [-0.39, 0.29) is 19.0 Å². The molecule has 1 saturated heterocycles. The number of hydrogen-bond donors (Lipinski definition) is 2. The Kier molecular flexibility index (Phi) is 8.53. The normalized spacial score (nSPS) is 17.3. The van der Waals surface area contributed by atoms with Crippen molar-refractivity contribution in [1.82, 2.24) is 0 Å². The number of rotatable bonds is 9. The van der Waals surface area contributed by atoms with Crippen molar-refractivity contribution in [3.8, 4) is 16.9 Å². The molecule has 0 bridgehead atoms. The summed E-state index contributed by atoms with van der Waals surface area (Å²) in [5, 5.41) is 9.59. The zero-order valence-corrected chi connectivity index (χ0v) is 22.9. The van der Waals surface area contributed by atoms with Crippen LogP contribution in [0.2, 0.25) is 0 Å². The zero-order valence-electron chi connectivity index (χ0n) is 22.9. The molecule has 3 aromatic carbocycles. The minimum absolute atomic E-state index is 0.0942. The standard InChI is InChI=1S/C33H40N2O4/c1-38-32(37)21-27-7-2-3-10-31(27)39-23-24-17-28(25-8-6-9-26(19-25)30(34)22-36)20-29(18-24)35-15-13-33(14-16-35)11-4-5-12-33/h2-3,6-10,17-20,30,36H,4-5,11-16,21-23,34H2,1H3/t30-/m1/s1. The Morgan fingerprint density at radius 2 is 1.74 bits per heavy atom. The number of para-hydroxylation sites is 1. The Morgan fingerprint density at radius 3 is 2.49 bits per heavy atom. The monoisotopic (exact) mass is 528 g/mol. The number of hydrogen-bond acceptors (Lipinski definition) is 6. The number of nitrogens with zero attached hydrogens (tertiary/aromatic N) is 1. The second-order valence-electron chi connectivity index (χ2n) is 11.1. The number of methoxy groups -OCH3 is 1. The van der Waals surface area contributed by atoms with E-state index in [1.807, 2.05) is 36.4 Å². The van der Waals surface area contributed by atoms with Crippen LogP contribution in [0, 0.1) is 5.41 Å². The van der Waals surface area contributed by atoms with Gasteiger partial charge in [-0.05, 0) is 83.7 Å². The molecular formula is C33H40N2O4. The highest BCUT2D eigenvalue weighted by atomic mass is 16.5. The highest BCUT2D eigenvalue weighted by Crippen LogP contribution is 2.47. The Hall–Kier alpha value is -3.35. The number of aliphatic hydroxyl groups excluding tert-OH is 1. The number of carbonyl (C=O) groups excluding carboxylic acids is 1. The maximum atomic E-state index is 11.9. The van der Waals surface area contributed by atoms with Gasteiger partial charge in [0, 0.05) is 24.3 Å². The number of anilines is 1. The van der Waals surface area contributed by atoms with Crippen molar-refractivity contribution in [1.29, 1.82) is 0 Å². The van der Waals surface area contributed by atoms with E-state index in [1.165, 1.54) is 51.3 Å². The zero-order chi connectivity index (χ0) is 27.2. The first kappa shape index (κ1) is 27.2. The fourth-order valence-electron chi connectivity index (χ4n) is 6.20. The quantitative estimate of drug-likeness (QED) is 0.342. The van der Waals surface area contributed by atoms with Crippen molar-refractivity contribution in [2.75, 3.05) is 31.7 Å². The minimum atomic E-state index is -0.410. The number of nitrogens with two attached hydrogens (primary N) is 1. The maximum Gasteiger partial charge on any atom is 0.310 e. The predicted octanol–water partition coefficient (Wildman–Crippen LogP) is 5.80. The Balaban J connectivity index is 1.43. The molecule has 206 valence electrons. The van der Waals surface area contributed by atoms with Crippen LogP contribution >= 0.6 is 0 Å². The van der Waals surface area contributed by atoms with Crippen LogP contribution in [-0.2, 0) is 22.6 Å². The molecule has 0 aromatic heterocycles. The minimum Gasteiger partial charge on any atom is -0.489 e. The van der Waals surface area contributed by atoms with E-state index in [0.29, 0.717) is 17.8 Å². The molecule has 2 fully saturated rings. The summed E-state index contributed by atoms with van der Waals surface area (Å²) in [5.41, 5.74) is 12.8. The maximum absolute atomic E-state index is 11.9. The van der Waals surface area contributed by atoms with Gasteiger partial charge in [-0.25, -0.2) is 0 Å². The highest BCUT2D eigenvalue weighted by Gasteiger charge is 2.37. The van der Waals surface area contributed by atoms with E-state index in [9.17, 15) is 9.90 Å². The van der Waals surface area contributed by atoms with Gasteiger partial charge in [0.05, 0.1) is 26.2 Å². The van der Waals surface area contributed by atoms with Crippen LogP contribution in [0.1, 0.15) is 61.3 Å². The van der Waals surface area contributed by atoms with Gasteiger partial charge >= 0.3 is 5.97 Å².